The molecule has 0 saturated heterocycles. The predicted molar refractivity (Wildman–Crippen MR) is 92.1 cm³/mol. The number of hydrogen-bond donors (Lipinski definition) is 0. The molecule has 11 heteroatoms. The Morgan fingerprint density at radius 2 is 1.76 bits per heavy atom. The van der Waals surface area contributed by atoms with Gasteiger partial charge in [0.25, 0.3) is 0 Å². The fourth-order valence-electron chi connectivity index (χ4n) is 2.68. The van der Waals surface area contributed by atoms with Gasteiger partial charge in [-0.3, -0.25) is 14.5 Å². The van der Waals surface area contributed by atoms with Gasteiger partial charge < -0.3 is 4.74 Å². The molecule has 1 amide bonds. The Hall–Kier alpha value is -3.42. The fraction of sp³-hybridized carbons (Fsp3) is 0.333. The molecule has 154 valence electrons. The van der Waals surface area contributed by atoms with E-state index in [-0.39, 0.29) is 18.6 Å². The molecule has 0 unspecified atom stereocenters. The van der Waals surface area contributed by atoms with Crippen LogP contribution < -0.4 is 4.90 Å². The number of benzene rings is 1. The number of carbonyl (C=O) groups is 2. The van der Waals surface area contributed by atoms with Gasteiger partial charge in [0.05, 0.1) is 12.8 Å². The van der Waals surface area contributed by atoms with Crippen LogP contribution in [0.25, 0.3) is 5.69 Å². The van der Waals surface area contributed by atoms with Crippen molar-refractivity contribution in [1.82, 2.24) is 9.78 Å². The Labute approximate surface area is 163 Å². The second-order valence-corrected chi connectivity index (χ2v) is 5.75. The van der Waals surface area contributed by atoms with Crippen molar-refractivity contribution in [1.29, 1.82) is 5.26 Å². The van der Waals surface area contributed by atoms with Crippen LogP contribution in [0, 0.1) is 34.6 Å². The van der Waals surface area contributed by atoms with E-state index in [1.54, 1.807) is 6.07 Å². The number of ether oxygens (including phenoxy) is 1. The number of hydrogen-bond acceptors (Lipinski definition) is 5. The van der Waals surface area contributed by atoms with E-state index in [4.69, 9.17) is 4.74 Å². The molecule has 0 aliphatic heterocycles. The molecule has 0 N–H and O–H groups in total. The molecule has 7 nitrogen and oxygen atoms in total. The molecular formula is C18H16F4N4O3. The first kappa shape index (κ1) is 21.9. The number of halogens is 4. The SMILES string of the molecule is CCOC(=O)CN(C(C)=O)c1c(C#N)cnn1-c1c(F)c(F)c(CC)c(F)c1F. The van der Waals surface area contributed by atoms with Crippen LogP contribution in [0.2, 0.25) is 0 Å². The third-order valence-electron chi connectivity index (χ3n) is 3.99. The van der Waals surface area contributed by atoms with Gasteiger partial charge in [-0.05, 0) is 13.3 Å². The van der Waals surface area contributed by atoms with E-state index in [0.717, 1.165) is 13.1 Å². The largest absolute Gasteiger partial charge is 0.465 e. The van der Waals surface area contributed by atoms with Crippen LogP contribution in [0.4, 0.5) is 23.4 Å². The van der Waals surface area contributed by atoms with Crippen LogP contribution in [-0.2, 0) is 20.7 Å². The summed E-state index contributed by atoms with van der Waals surface area (Å²) in [6.45, 7) is 3.13. The quantitative estimate of drug-likeness (QED) is 0.414. The molecule has 0 atom stereocenters. The molecule has 1 aromatic carbocycles. The van der Waals surface area contributed by atoms with E-state index in [1.807, 2.05) is 0 Å². The Morgan fingerprint density at radius 1 is 1.17 bits per heavy atom. The number of nitriles is 1. The van der Waals surface area contributed by atoms with E-state index in [9.17, 15) is 32.4 Å². The van der Waals surface area contributed by atoms with Gasteiger partial charge in [0.2, 0.25) is 5.91 Å². The normalized spacial score (nSPS) is 10.6. The zero-order valence-electron chi connectivity index (χ0n) is 15.7. The van der Waals surface area contributed by atoms with Crippen molar-refractivity contribution in [3.05, 3.63) is 40.6 Å². The summed E-state index contributed by atoms with van der Waals surface area (Å²) in [6.07, 6.45) is 0.530. The Kier molecular flexibility index (Phi) is 6.58. The van der Waals surface area contributed by atoms with Gasteiger partial charge in [-0.25, -0.2) is 22.2 Å². The van der Waals surface area contributed by atoms with Gasteiger partial charge in [0, 0.05) is 12.5 Å². The number of anilines is 1. The number of aromatic nitrogens is 2. The van der Waals surface area contributed by atoms with E-state index in [0.29, 0.717) is 9.58 Å². The number of amides is 1. The lowest BCUT2D eigenvalue weighted by Crippen LogP contribution is -2.37. The highest BCUT2D eigenvalue weighted by Crippen LogP contribution is 2.31. The average molecular weight is 412 g/mol. The molecule has 0 aliphatic rings. The van der Waals surface area contributed by atoms with Gasteiger partial charge in [0.15, 0.2) is 29.1 Å². The minimum atomic E-state index is -1.76. The van der Waals surface area contributed by atoms with Crippen LogP contribution in [0.3, 0.4) is 0 Å². The Balaban J connectivity index is 2.78. The minimum Gasteiger partial charge on any atom is -0.465 e. The van der Waals surface area contributed by atoms with Crippen LogP contribution in [0.15, 0.2) is 6.20 Å². The van der Waals surface area contributed by atoms with Crippen molar-refractivity contribution in [2.45, 2.75) is 27.2 Å². The number of nitrogens with zero attached hydrogens (tertiary/aromatic N) is 4. The van der Waals surface area contributed by atoms with E-state index < -0.39 is 58.8 Å². The van der Waals surface area contributed by atoms with Crippen molar-refractivity contribution in [3.8, 4) is 11.8 Å². The zero-order valence-corrected chi connectivity index (χ0v) is 15.7. The highest BCUT2D eigenvalue weighted by molar-refractivity contribution is 5.96. The Bertz CT molecular complexity index is 985. The lowest BCUT2D eigenvalue weighted by molar-refractivity contribution is -0.142. The van der Waals surface area contributed by atoms with Crippen molar-refractivity contribution < 1.29 is 31.9 Å². The predicted octanol–water partition coefficient (Wildman–Crippen LogP) is 2.78. The van der Waals surface area contributed by atoms with E-state index in [2.05, 4.69) is 5.10 Å². The summed E-state index contributed by atoms with van der Waals surface area (Å²) < 4.78 is 62.8. The Morgan fingerprint density at radius 3 is 2.21 bits per heavy atom. The summed E-state index contributed by atoms with van der Waals surface area (Å²) >= 11 is 0. The molecule has 0 fully saturated rings. The molecule has 2 rings (SSSR count). The lowest BCUT2D eigenvalue weighted by Gasteiger charge is -2.22. The van der Waals surface area contributed by atoms with Crippen LogP contribution in [-0.4, -0.2) is 34.8 Å². The molecule has 0 aliphatic carbocycles. The summed E-state index contributed by atoms with van der Waals surface area (Å²) in [5.41, 5.74) is -2.42. The zero-order chi connectivity index (χ0) is 21.9. The number of rotatable bonds is 6. The van der Waals surface area contributed by atoms with Crippen LogP contribution in [0.1, 0.15) is 31.9 Å². The fourth-order valence-corrected chi connectivity index (χ4v) is 2.68. The van der Waals surface area contributed by atoms with Crippen molar-refractivity contribution in [3.63, 3.8) is 0 Å². The van der Waals surface area contributed by atoms with Crippen LogP contribution in [0.5, 0.6) is 0 Å². The summed E-state index contributed by atoms with van der Waals surface area (Å²) in [7, 11) is 0. The topological polar surface area (TPSA) is 88.2 Å². The maximum Gasteiger partial charge on any atom is 0.326 e. The third kappa shape index (κ3) is 3.91. The molecular weight excluding hydrogens is 396 g/mol. The summed E-state index contributed by atoms with van der Waals surface area (Å²) in [4.78, 5) is 24.6. The van der Waals surface area contributed by atoms with Gasteiger partial charge in [-0.1, -0.05) is 6.92 Å². The first-order valence-corrected chi connectivity index (χ1v) is 8.46. The molecule has 0 bridgehead atoms. The van der Waals surface area contributed by atoms with Crippen molar-refractivity contribution in [2.24, 2.45) is 0 Å². The molecule has 1 heterocycles. The molecule has 1 aromatic heterocycles. The summed E-state index contributed by atoms with van der Waals surface area (Å²) in [5, 5.41) is 12.9. The highest BCUT2D eigenvalue weighted by atomic mass is 19.2. The first-order chi connectivity index (χ1) is 13.7. The minimum absolute atomic E-state index is 0.00684. The summed E-state index contributed by atoms with van der Waals surface area (Å²) in [5.74, 6) is -8.97. The lowest BCUT2D eigenvalue weighted by atomic mass is 10.1. The third-order valence-corrected chi connectivity index (χ3v) is 3.99. The number of carbonyl (C=O) groups excluding carboxylic acids is 2. The molecule has 2 aromatic rings. The van der Waals surface area contributed by atoms with Gasteiger partial charge >= 0.3 is 5.97 Å². The van der Waals surface area contributed by atoms with Gasteiger partial charge in [0.1, 0.15) is 23.9 Å². The van der Waals surface area contributed by atoms with Gasteiger partial charge in [-0.15, -0.1) is 0 Å². The molecule has 29 heavy (non-hydrogen) atoms. The first-order valence-electron chi connectivity index (χ1n) is 8.46. The second-order valence-electron chi connectivity index (χ2n) is 5.75. The van der Waals surface area contributed by atoms with E-state index in [1.165, 1.54) is 13.8 Å². The highest BCUT2D eigenvalue weighted by Gasteiger charge is 2.31. The maximum atomic E-state index is 14.6. The molecule has 0 saturated carbocycles. The summed E-state index contributed by atoms with van der Waals surface area (Å²) in [6, 6.07) is 1.66. The molecule has 0 radical (unpaired) electrons. The average Bonchev–Trinajstić information content (AvgIpc) is 3.08. The monoisotopic (exact) mass is 412 g/mol. The molecule has 0 spiro atoms. The van der Waals surface area contributed by atoms with Crippen molar-refractivity contribution >= 4 is 17.7 Å². The second kappa shape index (κ2) is 8.72. The maximum absolute atomic E-state index is 14.6. The standard InChI is InChI=1S/C18H16F4N4O3/c1-4-11-13(19)15(21)17(16(22)14(11)20)26-18(10(6-23)7-24-26)25(9(3)27)8-12(28)29-5-2/h7H,4-5,8H2,1-3H3. The van der Waals surface area contributed by atoms with Gasteiger partial charge in [-0.2, -0.15) is 10.4 Å². The smallest absolute Gasteiger partial charge is 0.326 e. The van der Waals surface area contributed by atoms with Crippen LogP contribution >= 0.6 is 0 Å². The van der Waals surface area contributed by atoms with E-state index >= 15 is 0 Å². The van der Waals surface area contributed by atoms with Crippen molar-refractivity contribution in [2.75, 3.05) is 18.1 Å². The number of esters is 1.